The number of rotatable bonds is 6. The molecular formula is C29H30ClNO5. The predicted molar refractivity (Wildman–Crippen MR) is 138 cm³/mol. The first kappa shape index (κ1) is 25.9. The molecule has 1 atom stereocenters. The molecule has 2 N–H and O–H groups in total. The minimum atomic E-state index is -1.82. The molecule has 3 aliphatic heterocycles. The Balaban J connectivity index is 0.000000455. The lowest BCUT2D eigenvalue weighted by molar-refractivity contribution is -0.222. The zero-order valence-electron chi connectivity index (χ0n) is 19.9. The van der Waals surface area contributed by atoms with Crippen LogP contribution in [-0.2, 0) is 20.9 Å². The van der Waals surface area contributed by atoms with Gasteiger partial charge in [0.05, 0.1) is 12.5 Å². The highest BCUT2D eigenvalue weighted by Crippen LogP contribution is 2.50. The van der Waals surface area contributed by atoms with Crippen LogP contribution in [0.3, 0.4) is 0 Å². The molecule has 0 aromatic heterocycles. The van der Waals surface area contributed by atoms with Gasteiger partial charge in [-0.05, 0) is 54.0 Å². The van der Waals surface area contributed by atoms with Crippen molar-refractivity contribution in [2.24, 2.45) is 5.92 Å². The summed E-state index contributed by atoms with van der Waals surface area (Å²) < 4.78 is 6.98. The molecule has 6 nitrogen and oxygen atoms in total. The van der Waals surface area contributed by atoms with E-state index in [0.29, 0.717) is 6.61 Å². The Morgan fingerprint density at radius 3 is 1.78 bits per heavy atom. The molecule has 3 fully saturated rings. The standard InChI is InChI=1S/C27H28ClNO.C2H2O4/c28-25-13-11-22(12-14-25)20-30-27(19-21-15-17-29(27)18-16-21)26(23-7-3-1-4-8-23)24-9-5-2-6-10-24;3-1(4)2(5)6/h1-14,21,26H,15-20H2;(H,3,4)(H,5,6). The summed E-state index contributed by atoms with van der Waals surface area (Å²) in [6.07, 6.45) is 3.64. The zero-order chi connectivity index (χ0) is 25.5. The van der Waals surface area contributed by atoms with Crippen molar-refractivity contribution in [2.45, 2.75) is 37.5 Å². The van der Waals surface area contributed by atoms with Gasteiger partial charge in [0.25, 0.3) is 0 Å². The number of carboxylic acids is 2. The molecule has 188 valence electrons. The molecule has 3 aliphatic rings. The topological polar surface area (TPSA) is 87.1 Å². The lowest BCUT2D eigenvalue weighted by Crippen LogP contribution is -2.62. The molecule has 0 radical (unpaired) electrons. The van der Waals surface area contributed by atoms with Crippen LogP contribution in [-0.4, -0.2) is 45.9 Å². The molecular weight excluding hydrogens is 478 g/mol. The third kappa shape index (κ3) is 5.95. The largest absolute Gasteiger partial charge is 0.473 e. The van der Waals surface area contributed by atoms with Gasteiger partial charge in [-0.25, -0.2) is 9.59 Å². The summed E-state index contributed by atoms with van der Waals surface area (Å²) in [6.45, 7) is 2.82. The minimum absolute atomic E-state index is 0.176. The van der Waals surface area contributed by atoms with E-state index in [0.717, 1.165) is 30.5 Å². The summed E-state index contributed by atoms with van der Waals surface area (Å²) in [5.74, 6) is -2.74. The molecule has 3 saturated heterocycles. The van der Waals surface area contributed by atoms with E-state index in [1.807, 2.05) is 12.1 Å². The van der Waals surface area contributed by atoms with E-state index in [1.165, 1.54) is 29.5 Å². The van der Waals surface area contributed by atoms with Gasteiger partial charge < -0.3 is 14.9 Å². The van der Waals surface area contributed by atoms with Crippen LogP contribution in [0.25, 0.3) is 0 Å². The van der Waals surface area contributed by atoms with Gasteiger partial charge in [-0.3, -0.25) is 4.90 Å². The van der Waals surface area contributed by atoms with Crippen LogP contribution < -0.4 is 0 Å². The molecule has 0 spiro atoms. The molecule has 1 unspecified atom stereocenters. The van der Waals surface area contributed by atoms with Crippen molar-refractivity contribution in [3.05, 3.63) is 107 Å². The van der Waals surface area contributed by atoms with E-state index in [2.05, 4.69) is 77.7 Å². The van der Waals surface area contributed by atoms with Gasteiger partial charge in [-0.15, -0.1) is 0 Å². The fraction of sp³-hybridized carbons (Fsp3) is 0.310. The van der Waals surface area contributed by atoms with E-state index >= 15 is 0 Å². The van der Waals surface area contributed by atoms with Crippen molar-refractivity contribution in [1.29, 1.82) is 0 Å². The minimum Gasteiger partial charge on any atom is -0.473 e. The molecule has 36 heavy (non-hydrogen) atoms. The van der Waals surface area contributed by atoms with Crippen LogP contribution >= 0.6 is 11.6 Å². The fourth-order valence-electron chi connectivity index (χ4n) is 5.39. The maximum atomic E-state index is 9.10. The zero-order valence-corrected chi connectivity index (χ0v) is 20.7. The van der Waals surface area contributed by atoms with Gasteiger partial charge in [0.1, 0.15) is 5.72 Å². The normalized spacial score (nSPS) is 22.5. The van der Waals surface area contributed by atoms with Gasteiger partial charge in [-0.1, -0.05) is 84.4 Å². The van der Waals surface area contributed by atoms with E-state index in [4.69, 9.17) is 36.1 Å². The lowest BCUT2D eigenvalue weighted by atomic mass is 9.71. The van der Waals surface area contributed by atoms with Gasteiger partial charge in [0.15, 0.2) is 0 Å². The highest BCUT2D eigenvalue weighted by molar-refractivity contribution is 6.30. The quantitative estimate of drug-likeness (QED) is 0.419. The first-order valence-electron chi connectivity index (χ1n) is 12.1. The van der Waals surface area contributed by atoms with E-state index in [-0.39, 0.29) is 11.6 Å². The molecule has 3 heterocycles. The Kier molecular flexibility index (Phi) is 8.41. The van der Waals surface area contributed by atoms with Crippen LogP contribution in [0.15, 0.2) is 84.9 Å². The van der Waals surface area contributed by atoms with E-state index in [9.17, 15) is 0 Å². The molecule has 0 aliphatic carbocycles. The maximum absolute atomic E-state index is 9.10. The first-order chi connectivity index (χ1) is 17.4. The number of carboxylic acid groups (broad SMARTS) is 2. The molecule has 3 aromatic rings. The van der Waals surface area contributed by atoms with Gasteiger partial charge in [0, 0.05) is 18.1 Å². The Morgan fingerprint density at radius 1 is 0.861 bits per heavy atom. The van der Waals surface area contributed by atoms with Crippen LogP contribution in [0.5, 0.6) is 0 Å². The van der Waals surface area contributed by atoms with Gasteiger partial charge in [-0.2, -0.15) is 0 Å². The second kappa shape index (κ2) is 11.7. The molecule has 2 bridgehead atoms. The van der Waals surface area contributed by atoms with Crippen molar-refractivity contribution >= 4 is 23.5 Å². The number of nitrogens with zero attached hydrogens (tertiary/aromatic N) is 1. The van der Waals surface area contributed by atoms with Crippen LogP contribution in [0.1, 0.15) is 41.9 Å². The average molecular weight is 508 g/mol. The lowest BCUT2D eigenvalue weighted by Gasteiger charge is -2.57. The summed E-state index contributed by atoms with van der Waals surface area (Å²) in [6, 6.07) is 29.9. The third-order valence-corrected chi connectivity index (χ3v) is 7.28. The second-order valence-corrected chi connectivity index (χ2v) is 9.70. The number of ether oxygens (including phenoxy) is 1. The van der Waals surface area contributed by atoms with Crippen molar-refractivity contribution in [1.82, 2.24) is 4.90 Å². The van der Waals surface area contributed by atoms with Crippen LogP contribution in [0.2, 0.25) is 5.02 Å². The number of aliphatic carboxylic acids is 2. The van der Waals surface area contributed by atoms with Crippen molar-refractivity contribution in [3.8, 4) is 0 Å². The maximum Gasteiger partial charge on any atom is 0.414 e. The highest BCUT2D eigenvalue weighted by atomic mass is 35.5. The number of hydrogen-bond donors (Lipinski definition) is 2. The first-order valence-corrected chi connectivity index (χ1v) is 12.5. The predicted octanol–water partition coefficient (Wildman–Crippen LogP) is 5.66. The Bertz CT molecular complexity index is 1100. The Morgan fingerprint density at radius 2 is 1.36 bits per heavy atom. The number of halogens is 1. The molecule has 6 rings (SSSR count). The number of fused-ring (bicyclic) bond motifs is 3. The third-order valence-electron chi connectivity index (χ3n) is 7.03. The second-order valence-electron chi connectivity index (χ2n) is 9.26. The summed E-state index contributed by atoms with van der Waals surface area (Å²) in [5.41, 5.74) is 3.49. The Hall–Kier alpha value is -3.19. The number of carbonyl (C=O) groups is 2. The van der Waals surface area contributed by atoms with Crippen molar-refractivity contribution in [3.63, 3.8) is 0 Å². The molecule has 7 heteroatoms. The Labute approximate surface area is 216 Å². The SMILES string of the molecule is Clc1ccc(COC2(C(c3ccccc3)c3ccccc3)CC3CCN2CC3)cc1.O=C(O)C(=O)O. The number of benzene rings is 3. The fourth-order valence-corrected chi connectivity index (χ4v) is 5.51. The monoisotopic (exact) mass is 507 g/mol. The average Bonchev–Trinajstić information content (AvgIpc) is 2.91. The summed E-state index contributed by atoms with van der Waals surface area (Å²) >= 11 is 6.10. The smallest absolute Gasteiger partial charge is 0.414 e. The van der Waals surface area contributed by atoms with Gasteiger partial charge in [0.2, 0.25) is 0 Å². The number of hydrogen-bond acceptors (Lipinski definition) is 4. The molecule has 0 saturated carbocycles. The summed E-state index contributed by atoms with van der Waals surface area (Å²) in [7, 11) is 0. The molecule has 3 aromatic carbocycles. The molecule has 0 amide bonds. The van der Waals surface area contributed by atoms with E-state index < -0.39 is 11.9 Å². The summed E-state index contributed by atoms with van der Waals surface area (Å²) in [4.78, 5) is 20.8. The van der Waals surface area contributed by atoms with Crippen LogP contribution in [0, 0.1) is 5.92 Å². The number of piperidine rings is 3. The van der Waals surface area contributed by atoms with Gasteiger partial charge >= 0.3 is 11.9 Å². The van der Waals surface area contributed by atoms with Crippen LogP contribution in [0.4, 0.5) is 0 Å². The van der Waals surface area contributed by atoms with E-state index in [1.54, 1.807) is 0 Å². The highest BCUT2D eigenvalue weighted by Gasteiger charge is 2.52. The van der Waals surface area contributed by atoms with Crippen molar-refractivity contribution < 1.29 is 24.5 Å². The van der Waals surface area contributed by atoms with Crippen molar-refractivity contribution in [2.75, 3.05) is 13.1 Å². The summed E-state index contributed by atoms with van der Waals surface area (Å²) in [5, 5.41) is 15.5.